The molecule has 0 aliphatic heterocycles. The normalized spacial score (nSPS) is 10.3. The van der Waals surface area contributed by atoms with Gasteiger partial charge in [0.05, 0.1) is 11.6 Å². The van der Waals surface area contributed by atoms with Crippen LogP contribution in [-0.4, -0.2) is 12.9 Å². The van der Waals surface area contributed by atoms with Crippen molar-refractivity contribution in [1.82, 2.24) is 0 Å². The van der Waals surface area contributed by atoms with Gasteiger partial charge < -0.3 is 4.74 Å². The molecular weight excluding hydrogens is 311 g/mol. The van der Waals surface area contributed by atoms with Crippen molar-refractivity contribution in [3.8, 4) is 5.75 Å². The Hall–Kier alpha value is -1.68. The average Bonchev–Trinajstić information content (AvgIpc) is 2.42. The van der Waals surface area contributed by atoms with E-state index in [2.05, 4.69) is 15.9 Å². The summed E-state index contributed by atoms with van der Waals surface area (Å²) >= 11 is 3.10. The molecule has 4 heteroatoms. The van der Waals surface area contributed by atoms with Crippen molar-refractivity contribution in [3.63, 3.8) is 0 Å². The van der Waals surface area contributed by atoms with E-state index in [1.165, 1.54) is 12.1 Å². The van der Waals surface area contributed by atoms with Crippen LogP contribution in [0.2, 0.25) is 0 Å². The Morgan fingerprint density at radius 3 is 2.68 bits per heavy atom. The molecule has 2 rings (SSSR count). The van der Waals surface area contributed by atoms with Crippen LogP contribution < -0.4 is 4.74 Å². The number of carbonyl (C=O) groups excluding carboxylic acids is 1. The molecule has 0 atom stereocenters. The molecule has 0 N–H and O–H groups in total. The van der Waals surface area contributed by atoms with Gasteiger partial charge in [-0.1, -0.05) is 30.3 Å². The minimum absolute atomic E-state index is 0.157. The molecule has 0 bridgehead atoms. The van der Waals surface area contributed by atoms with E-state index in [4.69, 9.17) is 4.74 Å². The van der Waals surface area contributed by atoms with Gasteiger partial charge in [0.1, 0.15) is 11.6 Å². The van der Waals surface area contributed by atoms with Gasteiger partial charge in [0.2, 0.25) is 0 Å². The van der Waals surface area contributed by atoms with Crippen molar-refractivity contribution in [1.29, 1.82) is 0 Å². The van der Waals surface area contributed by atoms with Gasteiger partial charge in [-0.3, -0.25) is 4.79 Å². The van der Waals surface area contributed by atoms with Crippen LogP contribution >= 0.6 is 15.9 Å². The van der Waals surface area contributed by atoms with Crippen molar-refractivity contribution >= 4 is 21.7 Å². The lowest BCUT2D eigenvalue weighted by Gasteiger charge is -2.08. The maximum Gasteiger partial charge on any atom is 0.168 e. The Morgan fingerprint density at radius 1 is 1.21 bits per heavy atom. The van der Waals surface area contributed by atoms with Gasteiger partial charge in [0.25, 0.3) is 0 Å². The Balaban J connectivity index is 2.28. The van der Waals surface area contributed by atoms with Crippen LogP contribution in [0.5, 0.6) is 5.75 Å². The van der Waals surface area contributed by atoms with Gasteiger partial charge in [0.15, 0.2) is 5.78 Å². The Morgan fingerprint density at radius 2 is 1.95 bits per heavy atom. The number of rotatable bonds is 4. The van der Waals surface area contributed by atoms with Crippen molar-refractivity contribution < 1.29 is 13.9 Å². The first-order chi connectivity index (χ1) is 9.13. The van der Waals surface area contributed by atoms with Crippen molar-refractivity contribution in [2.45, 2.75) is 6.42 Å². The quantitative estimate of drug-likeness (QED) is 0.795. The molecule has 0 fully saturated rings. The third-order valence-corrected chi connectivity index (χ3v) is 3.60. The molecule has 0 aliphatic rings. The minimum atomic E-state index is -0.439. The van der Waals surface area contributed by atoms with Gasteiger partial charge in [-0.25, -0.2) is 4.39 Å². The van der Waals surface area contributed by atoms with Crippen molar-refractivity contribution in [2.75, 3.05) is 7.11 Å². The summed E-state index contributed by atoms with van der Waals surface area (Å²) in [5, 5.41) is 0. The van der Waals surface area contributed by atoms with Gasteiger partial charge in [-0.05, 0) is 28.1 Å². The third-order valence-electron chi connectivity index (χ3n) is 2.80. The molecule has 0 unspecified atom stereocenters. The summed E-state index contributed by atoms with van der Waals surface area (Å²) in [6.07, 6.45) is 0.173. The maximum atomic E-state index is 13.4. The van der Waals surface area contributed by atoms with Gasteiger partial charge >= 0.3 is 0 Å². The fraction of sp³-hybridized carbons (Fsp3) is 0.133. The van der Waals surface area contributed by atoms with Crippen LogP contribution in [0.1, 0.15) is 15.9 Å². The van der Waals surface area contributed by atoms with Gasteiger partial charge in [-0.15, -0.1) is 0 Å². The lowest BCUT2D eigenvalue weighted by Crippen LogP contribution is -2.06. The number of benzene rings is 2. The number of halogens is 2. The van der Waals surface area contributed by atoms with Gasteiger partial charge in [0, 0.05) is 17.5 Å². The Kier molecular flexibility index (Phi) is 4.32. The van der Waals surface area contributed by atoms with Crippen LogP contribution in [0.15, 0.2) is 46.9 Å². The number of ether oxygens (including phenoxy) is 1. The molecule has 0 saturated heterocycles. The smallest absolute Gasteiger partial charge is 0.168 e. The van der Waals surface area contributed by atoms with E-state index < -0.39 is 5.82 Å². The summed E-state index contributed by atoms with van der Waals surface area (Å²) < 4.78 is 18.8. The second-order valence-corrected chi connectivity index (χ2v) is 4.81. The molecule has 19 heavy (non-hydrogen) atoms. The molecule has 2 aromatic carbocycles. The highest BCUT2D eigenvalue weighted by Gasteiger charge is 2.15. The number of hydrogen-bond acceptors (Lipinski definition) is 2. The van der Waals surface area contributed by atoms with Crippen LogP contribution in [0, 0.1) is 5.82 Å². The highest BCUT2D eigenvalue weighted by Crippen LogP contribution is 2.24. The first kappa shape index (κ1) is 13.7. The predicted molar refractivity (Wildman–Crippen MR) is 75.1 cm³/mol. The second kappa shape index (κ2) is 5.97. The van der Waals surface area contributed by atoms with E-state index in [0.717, 1.165) is 5.56 Å². The molecule has 2 nitrogen and oxygen atoms in total. The van der Waals surface area contributed by atoms with Crippen LogP contribution in [0.4, 0.5) is 4.39 Å². The fourth-order valence-corrected chi connectivity index (χ4v) is 2.32. The largest absolute Gasteiger partial charge is 0.496 e. The van der Waals surface area contributed by atoms with E-state index in [1.807, 2.05) is 18.2 Å². The first-order valence-electron chi connectivity index (χ1n) is 5.72. The predicted octanol–water partition coefficient (Wildman–Crippen LogP) is 4.02. The topological polar surface area (TPSA) is 26.3 Å². The number of ketones is 1. The SMILES string of the molecule is COc1ccccc1CC(=O)c1cccc(F)c1Br. The average molecular weight is 323 g/mol. The Labute approximate surface area is 119 Å². The summed E-state index contributed by atoms with van der Waals surface area (Å²) in [7, 11) is 1.56. The lowest BCUT2D eigenvalue weighted by atomic mass is 10.0. The fourth-order valence-electron chi connectivity index (χ4n) is 1.84. The summed E-state index contributed by atoms with van der Waals surface area (Å²) in [5.74, 6) is 0.0603. The molecule has 0 aromatic heterocycles. The molecule has 98 valence electrons. The Bertz CT molecular complexity index is 611. The van der Waals surface area contributed by atoms with E-state index in [-0.39, 0.29) is 16.7 Å². The van der Waals surface area contributed by atoms with Crippen molar-refractivity contribution in [2.24, 2.45) is 0 Å². The number of carbonyl (C=O) groups is 1. The molecule has 0 aliphatic carbocycles. The van der Waals surface area contributed by atoms with E-state index in [0.29, 0.717) is 11.3 Å². The molecule has 0 amide bonds. The zero-order valence-electron chi connectivity index (χ0n) is 10.3. The minimum Gasteiger partial charge on any atom is -0.496 e. The van der Waals surface area contributed by atoms with Crippen LogP contribution in [0.25, 0.3) is 0 Å². The molecular formula is C15H12BrFO2. The maximum absolute atomic E-state index is 13.4. The number of methoxy groups -OCH3 is 1. The third kappa shape index (κ3) is 3.01. The zero-order chi connectivity index (χ0) is 13.8. The van der Waals surface area contributed by atoms with E-state index >= 15 is 0 Å². The highest BCUT2D eigenvalue weighted by atomic mass is 79.9. The number of Topliss-reactive ketones (excluding diaryl/α,β-unsaturated/α-hetero) is 1. The molecule has 0 spiro atoms. The first-order valence-corrected chi connectivity index (χ1v) is 6.52. The lowest BCUT2D eigenvalue weighted by molar-refractivity contribution is 0.0991. The van der Waals surface area contributed by atoms with E-state index in [1.54, 1.807) is 19.2 Å². The summed E-state index contributed by atoms with van der Waals surface area (Å²) in [5.41, 5.74) is 1.12. The van der Waals surface area contributed by atoms with Gasteiger partial charge in [-0.2, -0.15) is 0 Å². The highest BCUT2D eigenvalue weighted by molar-refractivity contribution is 9.10. The summed E-state index contributed by atoms with van der Waals surface area (Å²) in [6, 6.07) is 11.7. The summed E-state index contributed by atoms with van der Waals surface area (Å²) in [4.78, 5) is 12.2. The van der Waals surface area contributed by atoms with Crippen molar-refractivity contribution in [3.05, 3.63) is 63.9 Å². The molecule has 0 radical (unpaired) electrons. The number of para-hydroxylation sites is 1. The molecule has 0 heterocycles. The molecule has 0 saturated carbocycles. The van der Waals surface area contributed by atoms with Crippen LogP contribution in [0.3, 0.4) is 0 Å². The standard InChI is InChI=1S/C15H12BrFO2/c1-19-14-8-3-2-5-10(14)9-13(18)11-6-4-7-12(17)15(11)16/h2-8H,9H2,1H3. The second-order valence-electron chi connectivity index (χ2n) is 4.01. The zero-order valence-corrected chi connectivity index (χ0v) is 11.9. The van der Waals surface area contributed by atoms with E-state index in [9.17, 15) is 9.18 Å². The summed E-state index contributed by atoms with van der Waals surface area (Å²) in [6.45, 7) is 0. The number of hydrogen-bond donors (Lipinski definition) is 0. The molecule has 2 aromatic rings. The van der Waals surface area contributed by atoms with Crippen LogP contribution in [-0.2, 0) is 6.42 Å². The monoisotopic (exact) mass is 322 g/mol.